The van der Waals surface area contributed by atoms with Crippen LogP contribution in [0.25, 0.3) is 17.3 Å². The molecular formula is C27H29FN2OS. The highest BCUT2D eigenvalue weighted by atomic mass is 32.2. The molecule has 32 heavy (non-hydrogen) atoms. The first kappa shape index (κ1) is 21.5. The number of rotatable bonds is 4. The van der Waals surface area contributed by atoms with Crippen molar-refractivity contribution < 1.29 is 9.50 Å². The first-order valence-corrected chi connectivity index (χ1v) is 12.4. The van der Waals surface area contributed by atoms with Gasteiger partial charge in [-0.05, 0) is 80.5 Å². The smallest absolute Gasteiger partial charge is 0.123 e. The van der Waals surface area contributed by atoms with Crippen molar-refractivity contribution in [3.05, 3.63) is 77.5 Å². The summed E-state index contributed by atoms with van der Waals surface area (Å²) in [6.07, 6.45) is 9.31. The first-order chi connectivity index (χ1) is 15.3. The molecule has 1 aliphatic carbocycles. The lowest BCUT2D eigenvalue weighted by atomic mass is 9.57. The molecular weight excluding hydrogens is 419 g/mol. The van der Waals surface area contributed by atoms with Gasteiger partial charge in [-0.2, -0.15) is 0 Å². The lowest BCUT2D eigenvalue weighted by Crippen LogP contribution is -2.48. The van der Waals surface area contributed by atoms with Crippen LogP contribution < -0.4 is 0 Å². The number of aromatic nitrogens is 2. The third kappa shape index (κ3) is 3.43. The highest BCUT2D eigenvalue weighted by molar-refractivity contribution is 7.98. The van der Waals surface area contributed by atoms with Crippen LogP contribution in [0, 0.1) is 17.2 Å². The number of imidazole rings is 1. The molecule has 0 spiro atoms. The van der Waals surface area contributed by atoms with Crippen LogP contribution in [0.5, 0.6) is 0 Å². The maximum Gasteiger partial charge on any atom is 0.123 e. The fourth-order valence-electron chi connectivity index (χ4n) is 5.83. The lowest BCUT2D eigenvalue weighted by Gasteiger charge is -2.51. The van der Waals surface area contributed by atoms with Crippen molar-refractivity contribution in [2.24, 2.45) is 11.3 Å². The van der Waals surface area contributed by atoms with Crippen molar-refractivity contribution in [2.45, 2.75) is 50.2 Å². The van der Waals surface area contributed by atoms with Crippen LogP contribution in [0.15, 0.2) is 65.3 Å². The minimum absolute atomic E-state index is 0.0944. The second-order valence-corrected chi connectivity index (χ2v) is 10.4. The number of hydrogen-bond donors (Lipinski definition) is 1. The van der Waals surface area contributed by atoms with Crippen LogP contribution >= 0.6 is 11.8 Å². The summed E-state index contributed by atoms with van der Waals surface area (Å²) in [5.74, 6) is -0.146. The number of fused-ring (bicyclic) bond motifs is 2. The molecule has 0 saturated heterocycles. The maximum atomic E-state index is 13.4. The Kier molecular flexibility index (Phi) is 5.30. The number of halogens is 1. The van der Waals surface area contributed by atoms with Crippen LogP contribution in [0.3, 0.4) is 0 Å². The Labute approximate surface area is 193 Å². The van der Waals surface area contributed by atoms with Gasteiger partial charge in [0.1, 0.15) is 5.82 Å². The topological polar surface area (TPSA) is 38.1 Å². The zero-order valence-corrected chi connectivity index (χ0v) is 19.6. The summed E-state index contributed by atoms with van der Waals surface area (Å²) in [6, 6.07) is 14.9. The molecule has 3 aromatic rings. The third-order valence-corrected chi connectivity index (χ3v) is 8.31. The average molecular weight is 449 g/mol. The molecule has 3 atom stereocenters. The molecule has 5 heteroatoms. The Morgan fingerprint density at radius 3 is 2.75 bits per heavy atom. The zero-order chi connectivity index (χ0) is 22.5. The number of hydrogen-bond acceptors (Lipinski definition) is 3. The van der Waals surface area contributed by atoms with Crippen molar-refractivity contribution in [2.75, 3.05) is 6.26 Å². The molecule has 0 amide bonds. The van der Waals surface area contributed by atoms with Gasteiger partial charge in [-0.15, -0.1) is 11.8 Å². The fourth-order valence-corrected chi connectivity index (χ4v) is 6.29. The maximum absolute atomic E-state index is 13.4. The van der Waals surface area contributed by atoms with E-state index in [1.807, 2.05) is 19.3 Å². The monoisotopic (exact) mass is 448 g/mol. The molecule has 2 heterocycles. The Morgan fingerprint density at radius 1 is 1.22 bits per heavy atom. The highest BCUT2D eigenvalue weighted by Gasteiger charge is 2.51. The number of benzene rings is 2. The average Bonchev–Trinajstić information content (AvgIpc) is 3.19. The molecule has 3 nitrogen and oxygen atoms in total. The Balaban J connectivity index is 1.54. The van der Waals surface area contributed by atoms with Gasteiger partial charge in [-0.25, -0.2) is 9.37 Å². The van der Waals surface area contributed by atoms with Gasteiger partial charge in [0.25, 0.3) is 0 Å². The summed E-state index contributed by atoms with van der Waals surface area (Å²) in [5, 5.41) is 11.9. The SMILES string of the molecule is CSc1cccc([C@@](C)(O)[C@H]2CCCC3=Cc4c(-c5ccc(F)cc5)ncn4C[C@@]32C)c1. The summed E-state index contributed by atoms with van der Waals surface area (Å²) < 4.78 is 15.6. The minimum atomic E-state index is -0.933. The van der Waals surface area contributed by atoms with E-state index in [4.69, 9.17) is 0 Å². The van der Waals surface area contributed by atoms with E-state index in [1.54, 1.807) is 23.9 Å². The van der Waals surface area contributed by atoms with Crippen molar-refractivity contribution >= 4 is 17.8 Å². The molecule has 1 aliphatic heterocycles. The van der Waals surface area contributed by atoms with Gasteiger partial charge in [0.05, 0.1) is 23.3 Å². The number of thioether (sulfide) groups is 1. The highest BCUT2D eigenvalue weighted by Crippen LogP contribution is 2.55. The molecule has 1 fully saturated rings. The molecule has 0 radical (unpaired) electrons. The predicted molar refractivity (Wildman–Crippen MR) is 129 cm³/mol. The second-order valence-electron chi connectivity index (χ2n) is 9.52. The van der Waals surface area contributed by atoms with Gasteiger partial charge in [0, 0.05) is 28.3 Å². The third-order valence-electron chi connectivity index (χ3n) is 7.58. The molecule has 0 bridgehead atoms. The Hall–Kier alpha value is -2.37. The van der Waals surface area contributed by atoms with Crippen LogP contribution in [-0.2, 0) is 12.1 Å². The quantitative estimate of drug-likeness (QED) is 0.462. The van der Waals surface area contributed by atoms with Gasteiger partial charge in [-0.1, -0.05) is 24.6 Å². The second kappa shape index (κ2) is 7.89. The Bertz CT molecular complexity index is 1180. The molecule has 1 aromatic heterocycles. The first-order valence-electron chi connectivity index (χ1n) is 11.2. The van der Waals surface area contributed by atoms with E-state index in [9.17, 15) is 9.50 Å². The summed E-state index contributed by atoms with van der Waals surface area (Å²) >= 11 is 1.70. The summed E-state index contributed by atoms with van der Waals surface area (Å²) in [5.41, 5.74) is 4.17. The van der Waals surface area contributed by atoms with Gasteiger partial charge in [-0.3, -0.25) is 0 Å². The number of allylic oxidation sites excluding steroid dienone is 1. The molecule has 2 aliphatic rings. The van der Waals surface area contributed by atoms with Crippen molar-refractivity contribution in [1.82, 2.24) is 9.55 Å². The molecule has 166 valence electrons. The summed E-state index contributed by atoms with van der Waals surface area (Å²) in [6.45, 7) is 5.07. The molecule has 1 saturated carbocycles. The van der Waals surface area contributed by atoms with E-state index in [1.165, 1.54) is 22.6 Å². The van der Waals surface area contributed by atoms with Crippen LogP contribution in [0.4, 0.5) is 4.39 Å². The van der Waals surface area contributed by atoms with Crippen molar-refractivity contribution in [1.29, 1.82) is 0 Å². The standard InChI is InChI=1S/C27H29FN2OS/c1-26-16-30-17-29-25(18-10-12-21(28)13-11-18)23(30)15-19(26)6-5-9-24(26)27(2,31)20-7-4-8-22(14-20)32-3/h4,7-8,10-15,17,24,31H,5-6,9,16H2,1-3H3/t24-,26-,27+/m0/s1. The van der Waals surface area contributed by atoms with E-state index in [0.717, 1.165) is 48.3 Å². The van der Waals surface area contributed by atoms with Crippen LogP contribution in [0.1, 0.15) is 44.4 Å². The zero-order valence-electron chi connectivity index (χ0n) is 18.8. The fraction of sp³-hybridized carbons (Fsp3) is 0.370. The van der Waals surface area contributed by atoms with Gasteiger partial charge < -0.3 is 9.67 Å². The van der Waals surface area contributed by atoms with Crippen LogP contribution in [0.2, 0.25) is 0 Å². The van der Waals surface area contributed by atoms with E-state index < -0.39 is 5.60 Å². The molecule has 1 N–H and O–H groups in total. The summed E-state index contributed by atoms with van der Waals surface area (Å²) in [4.78, 5) is 5.86. The lowest BCUT2D eigenvalue weighted by molar-refractivity contribution is -0.0714. The van der Waals surface area contributed by atoms with E-state index in [2.05, 4.69) is 47.0 Å². The van der Waals surface area contributed by atoms with E-state index >= 15 is 0 Å². The van der Waals surface area contributed by atoms with Crippen molar-refractivity contribution in [3.8, 4) is 11.3 Å². The Morgan fingerprint density at radius 2 is 2.00 bits per heavy atom. The molecule has 5 rings (SSSR count). The van der Waals surface area contributed by atoms with E-state index in [-0.39, 0.29) is 17.2 Å². The summed E-state index contributed by atoms with van der Waals surface area (Å²) in [7, 11) is 0. The largest absolute Gasteiger partial charge is 0.385 e. The van der Waals surface area contributed by atoms with Gasteiger partial charge in [0.2, 0.25) is 0 Å². The predicted octanol–water partition coefficient (Wildman–Crippen LogP) is 6.52. The number of nitrogens with zero attached hydrogens (tertiary/aromatic N) is 2. The van der Waals surface area contributed by atoms with Gasteiger partial charge in [0.15, 0.2) is 0 Å². The molecule has 2 aromatic carbocycles. The van der Waals surface area contributed by atoms with Gasteiger partial charge >= 0.3 is 0 Å². The van der Waals surface area contributed by atoms with Crippen molar-refractivity contribution in [3.63, 3.8) is 0 Å². The molecule has 0 unspecified atom stereocenters. The van der Waals surface area contributed by atoms with E-state index in [0.29, 0.717) is 0 Å². The normalized spacial score (nSPS) is 24.3. The minimum Gasteiger partial charge on any atom is -0.385 e. The van der Waals surface area contributed by atoms with Crippen LogP contribution in [-0.4, -0.2) is 20.9 Å². The number of aliphatic hydroxyl groups is 1.